The van der Waals surface area contributed by atoms with E-state index in [1.165, 1.54) is 7.11 Å². The highest BCUT2D eigenvalue weighted by molar-refractivity contribution is 6.04. The molecule has 1 aliphatic rings. The molecule has 0 fully saturated rings. The third-order valence-electron chi connectivity index (χ3n) is 2.23. The van der Waals surface area contributed by atoms with Crippen LogP contribution in [0.15, 0.2) is 4.99 Å². The van der Waals surface area contributed by atoms with Crippen molar-refractivity contribution in [1.82, 2.24) is 5.32 Å². The predicted molar refractivity (Wildman–Crippen MR) is 55.5 cm³/mol. The van der Waals surface area contributed by atoms with Crippen molar-refractivity contribution in [3.05, 3.63) is 0 Å². The Labute approximate surface area is 88.9 Å². The molecule has 1 rings (SSSR count). The van der Waals surface area contributed by atoms with Gasteiger partial charge in [0.1, 0.15) is 12.3 Å². The third-order valence-corrected chi connectivity index (χ3v) is 2.23. The van der Waals surface area contributed by atoms with Crippen molar-refractivity contribution in [1.29, 1.82) is 0 Å². The number of amides is 1. The fraction of sp³-hybridized carbons (Fsp3) is 0.700. The zero-order valence-electron chi connectivity index (χ0n) is 9.29. The summed E-state index contributed by atoms with van der Waals surface area (Å²) in [4.78, 5) is 26.4. The molecular weight excluding hydrogens is 196 g/mol. The molecule has 0 aromatic carbocycles. The first-order valence-corrected chi connectivity index (χ1v) is 4.88. The van der Waals surface area contributed by atoms with Crippen molar-refractivity contribution in [3.8, 4) is 0 Å². The molecule has 1 aliphatic heterocycles. The molecule has 0 bridgehead atoms. The van der Waals surface area contributed by atoms with Crippen LogP contribution in [0.25, 0.3) is 0 Å². The van der Waals surface area contributed by atoms with Crippen LogP contribution in [0, 0.1) is 0 Å². The summed E-state index contributed by atoms with van der Waals surface area (Å²) in [6.45, 7) is 4.01. The maximum atomic E-state index is 11.3. The van der Waals surface area contributed by atoms with E-state index in [2.05, 4.69) is 15.0 Å². The highest BCUT2D eigenvalue weighted by Crippen LogP contribution is 2.23. The van der Waals surface area contributed by atoms with Crippen molar-refractivity contribution in [2.24, 2.45) is 4.99 Å². The standard InChI is InChI=1S/C10H16N2O3/c1-10(2)5-4-7(12-10)11-8(13)6-9(14)15-3/h4-6H2,1-3H3,(H,11,12,13). The van der Waals surface area contributed by atoms with Crippen LogP contribution in [0.3, 0.4) is 0 Å². The number of ether oxygens (including phenoxy) is 1. The van der Waals surface area contributed by atoms with Crippen molar-refractivity contribution >= 4 is 17.7 Å². The molecule has 0 saturated carbocycles. The first kappa shape index (κ1) is 11.7. The van der Waals surface area contributed by atoms with Gasteiger partial charge in [-0.2, -0.15) is 0 Å². The van der Waals surface area contributed by atoms with Crippen molar-refractivity contribution in [2.45, 2.75) is 38.6 Å². The summed E-state index contributed by atoms with van der Waals surface area (Å²) in [5.41, 5.74) is -0.103. The van der Waals surface area contributed by atoms with E-state index < -0.39 is 5.97 Å². The van der Waals surface area contributed by atoms with Crippen LogP contribution in [0.2, 0.25) is 0 Å². The van der Waals surface area contributed by atoms with E-state index in [4.69, 9.17) is 0 Å². The maximum Gasteiger partial charge on any atom is 0.315 e. The molecule has 1 amide bonds. The molecule has 0 aromatic heterocycles. The van der Waals surface area contributed by atoms with Gasteiger partial charge < -0.3 is 10.1 Å². The van der Waals surface area contributed by atoms with Crippen LogP contribution in [0.1, 0.15) is 33.1 Å². The molecule has 0 unspecified atom stereocenters. The Hall–Kier alpha value is -1.39. The second kappa shape index (κ2) is 4.42. The summed E-state index contributed by atoms with van der Waals surface area (Å²) < 4.78 is 4.39. The average Bonchev–Trinajstić information content (AvgIpc) is 2.44. The van der Waals surface area contributed by atoms with Crippen LogP contribution in [0.5, 0.6) is 0 Å². The van der Waals surface area contributed by atoms with E-state index in [0.29, 0.717) is 5.84 Å². The van der Waals surface area contributed by atoms with Crippen LogP contribution in [-0.2, 0) is 14.3 Å². The molecule has 0 saturated heterocycles. The van der Waals surface area contributed by atoms with E-state index >= 15 is 0 Å². The predicted octanol–water partition coefficient (Wildman–Crippen LogP) is 0.637. The molecule has 84 valence electrons. The Bertz CT molecular complexity index is 308. The average molecular weight is 212 g/mol. The van der Waals surface area contributed by atoms with Gasteiger partial charge in [0.25, 0.3) is 0 Å². The number of hydrogen-bond acceptors (Lipinski definition) is 4. The lowest BCUT2D eigenvalue weighted by Crippen LogP contribution is -2.31. The van der Waals surface area contributed by atoms with Gasteiger partial charge in [-0.3, -0.25) is 14.6 Å². The number of nitrogens with one attached hydrogen (secondary N) is 1. The van der Waals surface area contributed by atoms with Crippen LogP contribution in [-0.4, -0.2) is 30.4 Å². The van der Waals surface area contributed by atoms with E-state index in [-0.39, 0.29) is 17.9 Å². The Kier molecular flexibility index (Phi) is 3.44. The minimum absolute atomic E-state index is 0.103. The second-order valence-electron chi connectivity index (χ2n) is 4.17. The Morgan fingerprint density at radius 1 is 1.53 bits per heavy atom. The largest absolute Gasteiger partial charge is 0.469 e. The Morgan fingerprint density at radius 2 is 2.20 bits per heavy atom. The zero-order valence-corrected chi connectivity index (χ0v) is 9.29. The minimum atomic E-state index is -0.537. The van der Waals surface area contributed by atoms with Crippen LogP contribution < -0.4 is 5.32 Å². The molecule has 5 heteroatoms. The smallest absolute Gasteiger partial charge is 0.315 e. The highest BCUT2D eigenvalue weighted by atomic mass is 16.5. The lowest BCUT2D eigenvalue weighted by molar-refractivity contribution is -0.143. The third kappa shape index (κ3) is 3.69. The summed E-state index contributed by atoms with van der Waals surface area (Å²) in [5.74, 6) is -0.238. The van der Waals surface area contributed by atoms with E-state index in [0.717, 1.165) is 12.8 Å². The molecule has 0 radical (unpaired) electrons. The monoisotopic (exact) mass is 212 g/mol. The van der Waals surface area contributed by atoms with E-state index in [9.17, 15) is 9.59 Å². The summed E-state index contributed by atoms with van der Waals surface area (Å²) in [6, 6.07) is 0. The number of amidine groups is 1. The number of carbonyl (C=O) groups is 2. The summed E-state index contributed by atoms with van der Waals surface area (Å²) in [7, 11) is 1.26. The molecule has 15 heavy (non-hydrogen) atoms. The van der Waals surface area contributed by atoms with Gasteiger partial charge in [0.2, 0.25) is 5.91 Å². The van der Waals surface area contributed by atoms with Crippen molar-refractivity contribution in [2.75, 3.05) is 7.11 Å². The zero-order chi connectivity index (χ0) is 11.5. The molecule has 0 atom stereocenters. The van der Waals surface area contributed by atoms with E-state index in [1.807, 2.05) is 13.8 Å². The molecule has 0 aliphatic carbocycles. The number of carbonyl (C=O) groups excluding carboxylic acids is 2. The van der Waals surface area contributed by atoms with Crippen LogP contribution >= 0.6 is 0 Å². The highest BCUT2D eigenvalue weighted by Gasteiger charge is 2.25. The number of hydrogen-bond donors (Lipinski definition) is 1. The number of nitrogens with zero attached hydrogens (tertiary/aromatic N) is 1. The number of rotatable bonds is 2. The van der Waals surface area contributed by atoms with Gasteiger partial charge in [0, 0.05) is 6.42 Å². The van der Waals surface area contributed by atoms with Gasteiger partial charge in [0.05, 0.1) is 12.6 Å². The Morgan fingerprint density at radius 3 is 2.67 bits per heavy atom. The van der Waals surface area contributed by atoms with Gasteiger partial charge in [-0.1, -0.05) is 0 Å². The minimum Gasteiger partial charge on any atom is -0.469 e. The summed E-state index contributed by atoms with van der Waals surface area (Å²) in [5, 5.41) is 2.61. The topological polar surface area (TPSA) is 67.8 Å². The first-order chi connectivity index (χ1) is 6.93. The van der Waals surface area contributed by atoms with Crippen molar-refractivity contribution in [3.63, 3.8) is 0 Å². The molecule has 5 nitrogen and oxygen atoms in total. The quantitative estimate of drug-likeness (QED) is 0.539. The second-order valence-corrected chi connectivity index (χ2v) is 4.17. The normalized spacial score (nSPS) is 18.2. The maximum absolute atomic E-state index is 11.3. The summed E-state index contributed by atoms with van der Waals surface area (Å²) >= 11 is 0. The van der Waals surface area contributed by atoms with Crippen molar-refractivity contribution < 1.29 is 14.3 Å². The molecule has 0 spiro atoms. The number of aliphatic imine (C=N–C) groups is 1. The molecular formula is C10H16N2O3. The number of methoxy groups -OCH3 is 1. The first-order valence-electron chi connectivity index (χ1n) is 4.88. The lowest BCUT2D eigenvalue weighted by atomic mass is 10.0. The molecule has 1 N–H and O–H groups in total. The van der Waals surface area contributed by atoms with Crippen LogP contribution in [0.4, 0.5) is 0 Å². The molecule has 0 aromatic rings. The fourth-order valence-corrected chi connectivity index (χ4v) is 1.40. The van der Waals surface area contributed by atoms with Gasteiger partial charge in [-0.05, 0) is 20.3 Å². The van der Waals surface area contributed by atoms with E-state index in [1.54, 1.807) is 0 Å². The summed E-state index contributed by atoms with van der Waals surface area (Å²) in [6.07, 6.45) is 1.41. The molecule has 1 heterocycles. The fourth-order valence-electron chi connectivity index (χ4n) is 1.40. The SMILES string of the molecule is COC(=O)CC(=O)NC1=NC(C)(C)CC1. The van der Waals surface area contributed by atoms with Gasteiger partial charge >= 0.3 is 5.97 Å². The van der Waals surface area contributed by atoms with Gasteiger partial charge in [-0.25, -0.2) is 0 Å². The van der Waals surface area contributed by atoms with Gasteiger partial charge in [0.15, 0.2) is 0 Å². The Balaban J connectivity index is 2.43. The lowest BCUT2D eigenvalue weighted by Gasteiger charge is -2.10. The van der Waals surface area contributed by atoms with Gasteiger partial charge in [-0.15, -0.1) is 0 Å². The number of esters is 1.